The number of halogens is 3. The average molecular weight is 359 g/mol. The van der Waals surface area contributed by atoms with E-state index in [1.807, 2.05) is 30.3 Å². The molecule has 0 aliphatic heterocycles. The molecule has 1 N–H and O–H groups in total. The summed E-state index contributed by atoms with van der Waals surface area (Å²) in [5.41, 5.74) is 1.89. The van der Waals surface area contributed by atoms with Crippen LogP contribution in [0.1, 0.15) is 5.56 Å². The van der Waals surface area contributed by atoms with E-state index >= 15 is 0 Å². The fourth-order valence-electron chi connectivity index (χ4n) is 1.51. The molecular formula is C13H10Br2FN. The highest BCUT2D eigenvalue weighted by molar-refractivity contribution is 9.10. The van der Waals surface area contributed by atoms with Crippen molar-refractivity contribution in [3.05, 3.63) is 62.8 Å². The van der Waals surface area contributed by atoms with E-state index < -0.39 is 0 Å². The first-order chi connectivity index (χ1) is 8.15. The van der Waals surface area contributed by atoms with Gasteiger partial charge in [-0.2, -0.15) is 0 Å². The lowest BCUT2D eigenvalue weighted by Gasteiger charge is -2.08. The summed E-state index contributed by atoms with van der Waals surface area (Å²) in [6, 6.07) is 12.7. The third kappa shape index (κ3) is 3.54. The highest BCUT2D eigenvalue weighted by Crippen LogP contribution is 2.22. The van der Waals surface area contributed by atoms with Crippen LogP contribution in [0.4, 0.5) is 10.1 Å². The van der Waals surface area contributed by atoms with Crippen LogP contribution in [0.25, 0.3) is 0 Å². The van der Waals surface area contributed by atoms with Crippen molar-refractivity contribution < 1.29 is 4.39 Å². The minimum absolute atomic E-state index is 0.233. The first-order valence-electron chi connectivity index (χ1n) is 5.08. The maximum absolute atomic E-state index is 13.2. The predicted octanol–water partition coefficient (Wildman–Crippen LogP) is 4.96. The van der Waals surface area contributed by atoms with Gasteiger partial charge in [0, 0.05) is 21.2 Å². The van der Waals surface area contributed by atoms with Crippen molar-refractivity contribution in [1.29, 1.82) is 0 Å². The Hall–Kier alpha value is -0.870. The van der Waals surface area contributed by atoms with E-state index in [-0.39, 0.29) is 5.82 Å². The van der Waals surface area contributed by atoms with Crippen LogP contribution >= 0.6 is 31.9 Å². The molecule has 88 valence electrons. The molecule has 0 bridgehead atoms. The normalized spacial score (nSPS) is 10.3. The Labute approximate surface area is 116 Å². The van der Waals surface area contributed by atoms with Gasteiger partial charge in [0.1, 0.15) is 5.82 Å². The molecule has 4 heteroatoms. The van der Waals surface area contributed by atoms with E-state index in [0.717, 1.165) is 20.2 Å². The third-order valence-corrected chi connectivity index (χ3v) is 3.43. The summed E-state index contributed by atoms with van der Waals surface area (Å²) in [6.07, 6.45) is 0. The van der Waals surface area contributed by atoms with E-state index in [0.29, 0.717) is 6.54 Å². The van der Waals surface area contributed by atoms with Crippen molar-refractivity contribution in [2.75, 3.05) is 5.32 Å². The Morgan fingerprint density at radius 1 is 1.06 bits per heavy atom. The lowest BCUT2D eigenvalue weighted by atomic mass is 10.2. The van der Waals surface area contributed by atoms with Gasteiger partial charge in [-0.05, 0) is 51.8 Å². The van der Waals surface area contributed by atoms with Crippen LogP contribution in [0.15, 0.2) is 51.4 Å². The van der Waals surface area contributed by atoms with E-state index in [1.54, 1.807) is 0 Å². The van der Waals surface area contributed by atoms with E-state index in [1.165, 1.54) is 12.1 Å². The maximum Gasteiger partial charge on any atom is 0.124 e. The number of para-hydroxylation sites is 1. The van der Waals surface area contributed by atoms with Gasteiger partial charge in [-0.1, -0.05) is 28.1 Å². The monoisotopic (exact) mass is 357 g/mol. The summed E-state index contributed by atoms with van der Waals surface area (Å²) < 4.78 is 14.9. The number of nitrogens with one attached hydrogen (secondary N) is 1. The standard InChI is InChI=1S/C13H10Br2FN/c14-10-5-9(6-11(16)7-10)8-17-13-4-2-1-3-12(13)15/h1-7,17H,8H2. The van der Waals surface area contributed by atoms with Crippen LogP contribution in [0.5, 0.6) is 0 Å². The quantitative estimate of drug-likeness (QED) is 0.817. The molecule has 0 atom stereocenters. The van der Waals surface area contributed by atoms with Crippen molar-refractivity contribution in [1.82, 2.24) is 0 Å². The summed E-state index contributed by atoms with van der Waals surface area (Å²) >= 11 is 6.73. The molecule has 0 aliphatic rings. The molecule has 0 fully saturated rings. The molecule has 0 heterocycles. The van der Waals surface area contributed by atoms with Gasteiger partial charge in [0.05, 0.1) is 0 Å². The zero-order chi connectivity index (χ0) is 12.3. The van der Waals surface area contributed by atoms with E-state index in [2.05, 4.69) is 37.2 Å². The van der Waals surface area contributed by atoms with Crippen molar-refractivity contribution >= 4 is 37.5 Å². The van der Waals surface area contributed by atoms with Gasteiger partial charge in [0.25, 0.3) is 0 Å². The molecule has 0 amide bonds. The first kappa shape index (κ1) is 12.6. The predicted molar refractivity (Wildman–Crippen MR) is 75.6 cm³/mol. The molecule has 0 aliphatic carbocycles. The lowest BCUT2D eigenvalue weighted by Crippen LogP contribution is -2.00. The van der Waals surface area contributed by atoms with Crippen LogP contribution in [-0.2, 0) is 6.54 Å². The van der Waals surface area contributed by atoms with Crippen LogP contribution in [0.3, 0.4) is 0 Å². The zero-order valence-electron chi connectivity index (χ0n) is 8.88. The molecule has 2 aromatic carbocycles. The van der Waals surface area contributed by atoms with Crippen molar-refractivity contribution in [2.45, 2.75) is 6.54 Å². The number of benzene rings is 2. The second-order valence-electron chi connectivity index (χ2n) is 3.61. The fourth-order valence-corrected chi connectivity index (χ4v) is 2.45. The Balaban J connectivity index is 2.10. The van der Waals surface area contributed by atoms with Gasteiger partial charge in [-0.3, -0.25) is 0 Å². The van der Waals surface area contributed by atoms with E-state index in [9.17, 15) is 4.39 Å². The topological polar surface area (TPSA) is 12.0 Å². The smallest absolute Gasteiger partial charge is 0.124 e. The zero-order valence-corrected chi connectivity index (χ0v) is 12.1. The molecule has 1 nitrogen and oxygen atoms in total. The van der Waals surface area contributed by atoms with Crippen LogP contribution in [0, 0.1) is 5.82 Å². The fraction of sp³-hybridized carbons (Fsp3) is 0.0769. The second-order valence-corrected chi connectivity index (χ2v) is 5.38. The molecule has 0 saturated carbocycles. The summed E-state index contributed by atoms with van der Waals surface area (Å²) in [5, 5.41) is 3.25. The van der Waals surface area contributed by atoms with Gasteiger partial charge in [-0.25, -0.2) is 4.39 Å². The number of anilines is 1. The SMILES string of the molecule is Fc1cc(Br)cc(CNc2ccccc2Br)c1. The molecule has 0 spiro atoms. The Bertz CT molecular complexity index is 508. The number of rotatable bonds is 3. The van der Waals surface area contributed by atoms with Crippen molar-refractivity contribution in [2.24, 2.45) is 0 Å². The maximum atomic E-state index is 13.2. The van der Waals surface area contributed by atoms with Gasteiger partial charge in [0.15, 0.2) is 0 Å². The molecule has 17 heavy (non-hydrogen) atoms. The number of hydrogen-bond acceptors (Lipinski definition) is 1. The van der Waals surface area contributed by atoms with Gasteiger partial charge in [0.2, 0.25) is 0 Å². The summed E-state index contributed by atoms with van der Waals surface area (Å²) in [7, 11) is 0. The van der Waals surface area contributed by atoms with Gasteiger partial charge in [-0.15, -0.1) is 0 Å². The molecule has 2 aromatic rings. The summed E-state index contributed by atoms with van der Waals surface area (Å²) in [4.78, 5) is 0. The third-order valence-electron chi connectivity index (χ3n) is 2.28. The van der Waals surface area contributed by atoms with E-state index in [4.69, 9.17) is 0 Å². The highest BCUT2D eigenvalue weighted by Gasteiger charge is 2.01. The lowest BCUT2D eigenvalue weighted by molar-refractivity contribution is 0.625. The molecule has 0 unspecified atom stereocenters. The molecule has 0 aromatic heterocycles. The Kier molecular flexibility index (Phi) is 4.18. The van der Waals surface area contributed by atoms with Crippen LogP contribution in [0.2, 0.25) is 0 Å². The highest BCUT2D eigenvalue weighted by atomic mass is 79.9. The molecule has 0 radical (unpaired) electrons. The summed E-state index contributed by atoms with van der Waals surface area (Å²) in [5.74, 6) is -0.233. The Morgan fingerprint density at radius 2 is 1.82 bits per heavy atom. The minimum atomic E-state index is -0.233. The average Bonchev–Trinajstić information content (AvgIpc) is 2.27. The van der Waals surface area contributed by atoms with Crippen molar-refractivity contribution in [3.63, 3.8) is 0 Å². The first-order valence-corrected chi connectivity index (χ1v) is 6.67. The minimum Gasteiger partial charge on any atom is -0.380 e. The van der Waals surface area contributed by atoms with Crippen LogP contribution in [-0.4, -0.2) is 0 Å². The largest absolute Gasteiger partial charge is 0.380 e. The van der Waals surface area contributed by atoms with Crippen LogP contribution < -0.4 is 5.32 Å². The number of hydrogen-bond donors (Lipinski definition) is 1. The van der Waals surface area contributed by atoms with Gasteiger partial charge < -0.3 is 5.32 Å². The molecule has 2 rings (SSSR count). The van der Waals surface area contributed by atoms with Gasteiger partial charge >= 0.3 is 0 Å². The second kappa shape index (κ2) is 5.65. The molecular weight excluding hydrogens is 349 g/mol. The van der Waals surface area contributed by atoms with Crippen molar-refractivity contribution in [3.8, 4) is 0 Å². The molecule has 0 saturated heterocycles. The summed E-state index contributed by atoms with van der Waals surface area (Å²) in [6.45, 7) is 0.582. The Morgan fingerprint density at radius 3 is 2.53 bits per heavy atom.